The summed E-state index contributed by atoms with van der Waals surface area (Å²) in [4.78, 5) is 27.8. The normalized spacial score (nSPS) is 13.2. The lowest BCUT2D eigenvalue weighted by molar-refractivity contribution is -0.142. The predicted octanol–water partition coefficient (Wildman–Crippen LogP) is 3.35. The standard InChI is InChI=1S/C24H29N3O5/c1-15(2)10-20(24(30)31)26-11-18(23(28)29)21-12-25-14-27(21)13-19-17-7-5-4-6-16(17)8-9-22(19)32-3/h4-9,12,14-15,18,20,26H,10-11,13H2,1-3H3,(H,28,29)(H,30,31). The van der Waals surface area contributed by atoms with Gasteiger partial charge in [-0.05, 0) is 29.2 Å². The lowest BCUT2D eigenvalue weighted by atomic mass is 10.0. The van der Waals surface area contributed by atoms with Gasteiger partial charge in [0.15, 0.2) is 0 Å². The molecule has 32 heavy (non-hydrogen) atoms. The maximum absolute atomic E-state index is 12.1. The van der Waals surface area contributed by atoms with Crippen LogP contribution in [-0.2, 0) is 16.1 Å². The zero-order valence-electron chi connectivity index (χ0n) is 18.5. The molecule has 170 valence electrons. The Morgan fingerprint density at radius 1 is 1.12 bits per heavy atom. The number of nitrogens with one attached hydrogen (secondary N) is 1. The van der Waals surface area contributed by atoms with E-state index in [4.69, 9.17) is 4.74 Å². The zero-order valence-corrected chi connectivity index (χ0v) is 18.5. The molecule has 3 rings (SSSR count). The van der Waals surface area contributed by atoms with Gasteiger partial charge in [-0.2, -0.15) is 0 Å². The van der Waals surface area contributed by atoms with E-state index in [1.807, 2.05) is 50.2 Å². The van der Waals surface area contributed by atoms with Gasteiger partial charge in [0.1, 0.15) is 17.7 Å². The van der Waals surface area contributed by atoms with E-state index in [0.717, 1.165) is 16.3 Å². The molecule has 0 fully saturated rings. The molecule has 0 saturated carbocycles. The number of hydrogen-bond acceptors (Lipinski definition) is 5. The summed E-state index contributed by atoms with van der Waals surface area (Å²) in [5.41, 5.74) is 1.42. The van der Waals surface area contributed by atoms with Crippen molar-refractivity contribution in [2.24, 2.45) is 5.92 Å². The number of carboxylic acid groups (broad SMARTS) is 2. The van der Waals surface area contributed by atoms with Gasteiger partial charge in [0.2, 0.25) is 0 Å². The Morgan fingerprint density at radius 3 is 2.53 bits per heavy atom. The molecule has 0 aliphatic rings. The largest absolute Gasteiger partial charge is 0.496 e. The first kappa shape index (κ1) is 23.3. The number of fused-ring (bicyclic) bond motifs is 1. The van der Waals surface area contributed by atoms with Gasteiger partial charge >= 0.3 is 11.9 Å². The highest BCUT2D eigenvalue weighted by atomic mass is 16.5. The van der Waals surface area contributed by atoms with Crippen LogP contribution in [0.1, 0.15) is 37.4 Å². The van der Waals surface area contributed by atoms with Crippen LogP contribution in [0.3, 0.4) is 0 Å². The summed E-state index contributed by atoms with van der Waals surface area (Å²) < 4.78 is 7.35. The monoisotopic (exact) mass is 439 g/mol. The van der Waals surface area contributed by atoms with Crippen LogP contribution >= 0.6 is 0 Å². The van der Waals surface area contributed by atoms with E-state index in [9.17, 15) is 19.8 Å². The summed E-state index contributed by atoms with van der Waals surface area (Å²) >= 11 is 0. The second-order valence-electron chi connectivity index (χ2n) is 8.23. The predicted molar refractivity (Wildman–Crippen MR) is 121 cm³/mol. The fraction of sp³-hybridized carbons (Fsp3) is 0.375. The molecule has 0 amide bonds. The van der Waals surface area contributed by atoms with Crippen molar-refractivity contribution in [2.45, 2.75) is 38.8 Å². The first-order valence-electron chi connectivity index (χ1n) is 10.6. The molecular weight excluding hydrogens is 410 g/mol. The average molecular weight is 440 g/mol. The van der Waals surface area contributed by atoms with Gasteiger partial charge in [-0.1, -0.05) is 44.2 Å². The maximum Gasteiger partial charge on any atom is 0.320 e. The summed E-state index contributed by atoms with van der Waals surface area (Å²) in [6, 6.07) is 11.0. The number of nitrogens with zero attached hydrogens (tertiary/aromatic N) is 2. The molecule has 1 heterocycles. The second-order valence-corrected chi connectivity index (χ2v) is 8.23. The Bertz CT molecular complexity index is 1090. The molecule has 8 nitrogen and oxygen atoms in total. The van der Waals surface area contributed by atoms with E-state index < -0.39 is 23.9 Å². The van der Waals surface area contributed by atoms with Crippen molar-refractivity contribution < 1.29 is 24.5 Å². The van der Waals surface area contributed by atoms with Crippen LogP contribution in [0.25, 0.3) is 10.8 Å². The van der Waals surface area contributed by atoms with E-state index in [-0.39, 0.29) is 12.5 Å². The van der Waals surface area contributed by atoms with Gasteiger partial charge in [0.25, 0.3) is 0 Å². The summed E-state index contributed by atoms with van der Waals surface area (Å²) in [6.07, 6.45) is 3.53. The maximum atomic E-state index is 12.1. The Hall–Kier alpha value is -3.39. The smallest absolute Gasteiger partial charge is 0.320 e. The highest BCUT2D eigenvalue weighted by Gasteiger charge is 2.27. The molecule has 0 spiro atoms. The minimum atomic E-state index is -1.04. The Kier molecular flexibility index (Phi) is 7.48. The van der Waals surface area contributed by atoms with Crippen LogP contribution in [0.5, 0.6) is 5.75 Å². The number of aliphatic carboxylic acids is 2. The number of benzene rings is 2. The van der Waals surface area contributed by atoms with E-state index in [0.29, 0.717) is 24.4 Å². The number of carbonyl (C=O) groups is 2. The van der Waals surface area contributed by atoms with E-state index >= 15 is 0 Å². The van der Waals surface area contributed by atoms with Crippen molar-refractivity contribution in [3.05, 3.63) is 60.2 Å². The summed E-state index contributed by atoms with van der Waals surface area (Å²) in [5.74, 6) is -2.12. The summed E-state index contributed by atoms with van der Waals surface area (Å²) in [7, 11) is 1.60. The number of hydrogen-bond donors (Lipinski definition) is 3. The lowest BCUT2D eigenvalue weighted by Gasteiger charge is -2.21. The van der Waals surface area contributed by atoms with Crippen molar-refractivity contribution in [1.29, 1.82) is 0 Å². The van der Waals surface area contributed by atoms with Crippen LogP contribution in [0.4, 0.5) is 0 Å². The molecule has 2 aromatic carbocycles. The molecule has 3 N–H and O–H groups in total. The van der Waals surface area contributed by atoms with E-state index in [1.54, 1.807) is 18.0 Å². The van der Waals surface area contributed by atoms with Crippen LogP contribution < -0.4 is 10.1 Å². The molecule has 3 aromatic rings. The molecule has 0 aliphatic carbocycles. The quantitative estimate of drug-likeness (QED) is 0.420. The number of carboxylic acids is 2. The van der Waals surface area contributed by atoms with Crippen LogP contribution in [0, 0.1) is 5.92 Å². The van der Waals surface area contributed by atoms with Gasteiger partial charge < -0.3 is 24.8 Å². The van der Waals surface area contributed by atoms with Crippen molar-refractivity contribution in [3.8, 4) is 5.75 Å². The molecule has 2 atom stereocenters. The van der Waals surface area contributed by atoms with Crippen molar-refractivity contribution in [3.63, 3.8) is 0 Å². The third-order valence-electron chi connectivity index (χ3n) is 5.52. The minimum Gasteiger partial charge on any atom is -0.496 e. The second kappa shape index (κ2) is 10.3. The molecule has 2 unspecified atom stereocenters. The van der Waals surface area contributed by atoms with E-state index in [2.05, 4.69) is 10.3 Å². The average Bonchev–Trinajstić information content (AvgIpc) is 3.20. The first-order chi connectivity index (χ1) is 15.3. The van der Waals surface area contributed by atoms with Gasteiger partial charge in [0, 0.05) is 18.3 Å². The summed E-state index contributed by atoms with van der Waals surface area (Å²) in [6.45, 7) is 4.22. The number of rotatable bonds is 11. The molecule has 0 bridgehead atoms. The van der Waals surface area contributed by atoms with Crippen molar-refractivity contribution in [1.82, 2.24) is 14.9 Å². The molecule has 0 radical (unpaired) electrons. The molecule has 0 saturated heterocycles. The Labute approximate surface area is 186 Å². The van der Waals surface area contributed by atoms with Gasteiger partial charge in [-0.3, -0.25) is 9.59 Å². The topological polar surface area (TPSA) is 114 Å². The minimum absolute atomic E-state index is 0.0165. The number of aromatic nitrogens is 2. The van der Waals surface area contributed by atoms with E-state index in [1.165, 1.54) is 6.20 Å². The van der Waals surface area contributed by atoms with Crippen LogP contribution in [0.2, 0.25) is 0 Å². The van der Waals surface area contributed by atoms with Gasteiger partial charge in [-0.15, -0.1) is 0 Å². The fourth-order valence-electron chi connectivity index (χ4n) is 3.92. The first-order valence-corrected chi connectivity index (χ1v) is 10.6. The number of ether oxygens (including phenoxy) is 1. The van der Waals surface area contributed by atoms with Crippen LogP contribution in [-0.4, -0.2) is 51.4 Å². The molecule has 0 aliphatic heterocycles. The molecule has 8 heteroatoms. The van der Waals surface area contributed by atoms with Gasteiger partial charge in [-0.25, -0.2) is 4.98 Å². The fourth-order valence-corrected chi connectivity index (χ4v) is 3.92. The summed E-state index contributed by atoms with van der Waals surface area (Å²) in [5, 5.41) is 24.3. The Balaban J connectivity index is 1.90. The highest BCUT2D eigenvalue weighted by Crippen LogP contribution is 2.30. The van der Waals surface area contributed by atoms with Crippen LogP contribution in [0.15, 0.2) is 48.9 Å². The van der Waals surface area contributed by atoms with Crippen molar-refractivity contribution in [2.75, 3.05) is 13.7 Å². The SMILES string of the molecule is COc1ccc2ccccc2c1Cn1cncc1C(CNC(CC(C)C)C(=O)O)C(=O)O. The lowest BCUT2D eigenvalue weighted by Crippen LogP contribution is -2.41. The Morgan fingerprint density at radius 2 is 1.88 bits per heavy atom. The highest BCUT2D eigenvalue weighted by molar-refractivity contribution is 5.87. The van der Waals surface area contributed by atoms with Gasteiger partial charge in [0.05, 0.1) is 25.7 Å². The molecule has 1 aromatic heterocycles. The zero-order chi connectivity index (χ0) is 23.3. The van der Waals surface area contributed by atoms with Crippen molar-refractivity contribution >= 4 is 22.7 Å². The number of imidazole rings is 1. The molecular formula is C24H29N3O5. The third kappa shape index (κ3) is 5.26. The number of methoxy groups -OCH3 is 1. The third-order valence-corrected chi connectivity index (χ3v) is 5.52.